The Morgan fingerprint density at radius 2 is 2.18 bits per heavy atom. The number of amidine groups is 1. The van der Waals surface area contributed by atoms with Gasteiger partial charge in [-0.3, -0.25) is 4.99 Å². The fourth-order valence-electron chi connectivity index (χ4n) is 3.26. The highest BCUT2D eigenvalue weighted by molar-refractivity contribution is 8.14. The third kappa shape index (κ3) is 2.63. The molecular formula is C13H23N3S. The van der Waals surface area contributed by atoms with Gasteiger partial charge in [-0.05, 0) is 32.9 Å². The van der Waals surface area contributed by atoms with Gasteiger partial charge in [-0.25, -0.2) is 0 Å². The number of aliphatic imine (C=N–C) groups is 1. The number of hydrogen-bond acceptors (Lipinski definition) is 3. The van der Waals surface area contributed by atoms with Crippen molar-refractivity contribution in [3.05, 3.63) is 0 Å². The Bertz CT molecular complexity index is 310. The van der Waals surface area contributed by atoms with Crippen LogP contribution in [0.25, 0.3) is 0 Å². The van der Waals surface area contributed by atoms with E-state index in [0.29, 0.717) is 11.6 Å². The van der Waals surface area contributed by atoms with Crippen LogP contribution in [0.4, 0.5) is 0 Å². The number of rotatable bonds is 1. The molecule has 1 saturated carbocycles. The lowest BCUT2D eigenvalue weighted by Crippen LogP contribution is -2.45. The zero-order valence-corrected chi connectivity index (χ0v) is 11.6. The molecule has 0 aromatic heterocycles. The van der Waals surface area contributed by atoms with Gasteiger partial charge in [-0.15, -0.1) is 0 Å². The summed E-state index contributed by atoms with van der Waals surface area (Å²) < 4.78 is 0. The molecule has 2 heterocycles. The number of likely N-dealkylation sites (N-methyl/N-ethyl adjacent to an activating group) is 1. The second-order valence-electron chi connectivity index (χ2n) is 5.89. The van der Waals surface area contributed by atoms with Crippen molar-refractivity contribution in [3.8, 4) is 0 Å². The van der Waals surface area contributed by atoms with E-state index in [2.05, 4.69) is 17.3 Å². The van der Waals surface area contributed by atoms with Gasteiger partial charge in [-0.1, -0.05) is 31.0 Å². The average molecular weight is 253 g/mol. The maximum Gasteiger partial charge on any atom is 0.157 e. The van der Waals surface area contributed by atoms with E-state index in [0.717, 1.165) is 6.54 Å². The molecule has 4 heteroatoms. The summed E-state index contributed by atoms with van der Waals surface area (Å²) in [5.74, 6) is 1.24. The minimum absolute atomic E-state index is 0.409. The lowest BCUT2D eigenvalue weighted by Gasteiger charge is -2.32. The second kappa shape index (κ2) is 4.81. The number of nitrogens with one attached hydrogen (secondary N) is 1. The van der Waals surface area contributed by atoms with Crippen molar-refractivity contribution in [1.29, 1.82) is 0 Å². The Morgan fingerprint density at radius 1 is 1.35 bits per heavy atom. The van der Waals surface area contributed by atoms with Crippen LogP contribution in [0.2, 0.25) is 0 Å². The molecule has 3 aliphatic rings. The predicted octanol–water partition coefficient (Wildman–Crippen LogP) is 2.09. The molecule has 3 fully saturated rings. The summed E-state index contributed by atoms with van der Waals surface area (Å²) in [5.41, 5.74) is 0.409. The van der Waals surface area contributed by atoms with Crippen LogP contribution in [0.5, 0.6) is 0 Å². The quantitative estimate of drug-likeness (QED) is 0.775. The van der Waals surface area contributed by atoms with Crippen LogP contribution in [-0.2, 0) is 0 Å². The summed E-state index contributed by atoms with van der Waals surface area (Å²) >= 11 is 1.96. The zero-order chi connectivity index (χ0) is 11.7. The van der Waals surface area contributed by atoms with E-state index in [9.17, 15) is 0 Å². The molecule has 1 aliphatic carbocycles. The summed E-state index contributed by atoms with van der Waals surface area (Å²) in [6.45, 7) is 2.34. The molecule has 2 aliphatic heterocycles. The summed E-state index contributed by atoms with van der Waals surface area (Å²) in [5, 5.41) is 4.97. The summed E-state index contributed by atoms with van der Waals surface area (Å²) in [6.07, 6.45) is 8.15. The minimum atomic E-state index is 0.409. The van der Waals surface area contributed by atoms with E-state index in [-0.39, 0.29) is 0 Å². The lowest BCUT2D eigenvalue weighted by molar-refractivity contribution is 0.303. The largest absolute Gasteiger partial charge is 0.359 e. The number of likely N-dealkylation sites (tertiary alicyclic amines) is 1. The van der Waals surface area contributed by atoms with Crippen molar-refractivity contribution in [3.63, 3.8) is 0 Å². The molecule has 3 rings (SSSR count). The lowest BCUT2D eigenvalue weighted by atomic mass is 9.83. The molecule has 1 spiro atoms. The van der Waals surface area contributed by atoms with E-state index in [1.54, 1.807) is 0 Å². The fraction of sp³-hybridized carbons (Fsp3) is 0.923. The Balaban J connectivity index is 1.61. The van der Waals surface area contributed by atoms with Crippen molar-refractivity contribution >= 4 is 16.9 Å². The molecule has 96 valence electrons. The minimum Gasteiger partial charge on any atom is -0.359 e. The summed E-state index contributed by atoms with van der Waals surface area (Å²) in [4.78, 5) is 7.28. The van der Waals surface area contributed by atoms with Crippen molar-refractivity contribution in [2.75, 3.05) is 25.9 Å². The van der Waals surface area contributed by atoms with Crippen LogP contribution in [0.1, 0.15) is 38.5 Å². The van der Waals surface area contributed by atoms with E-state index < -0.39 is 0 Å². The Kier molecular flexibility index (Phi) is 3.35. The van der Waals surface area contributed by atoms with Gasteiger partial charge in [0.25, 0.3) is 0 Å². The van der Waals surface area contributed by atoms with Gasteiger partial charge in [0.15, 0.2) is 5.17 Å². The highest BCUT2D eigenvalue weighted by Crippen LogP contribution is 2.36. The number of thioether (sulfide) groups is 1. The molecule has 17 heavy (non-hydrogen) atoms. The molecule has 0 radical (unpaired) electrons. The first kappa shape index (κ1) is 11.8. The monoisotopic (exact) mass is 253 g/mol. The topological polar surface area (TPSA) is 27.6 Å². The van der Waals surface area contributed by atoms with Crippen molar-refractivity contribution < 1.29 is 0 Å². The highest BCUT2D eigenvalue weighted by Gasteiger charge is 2.38. The smallest absolute Gasteiger partial charge is 0.157 e. The van der Waals surface area contributed by atoms with Gasteiger partial charge in [0.2, 0.25) is 0 Å². The first-order chi connectivity index (χ1) is 8.26. The molecule has 0 aromatic rings. The second-order valence-corrected chi connectivity index (χ2v) is 6.86. The van der Waals surface area contributed by atoms with Crippen LogP contribution in [0.15, 0.2) is 4.99 Å². The van der Waals surface area contributed by atoms with Crippen molar-refractivity contribution in [2.45, 2.75) is 50.1 Å². The zero-order valence-electron chi connectivity index (χ0n) is 10.7. The first-order valence-electron chi connectivity index (χ1n) is 6.93. The van der Waals surface area contributed by atoms with Gasteiger partial charge < -0.3 is 10.2 Å². The van der Waals surface area contributed by atoms with E-state index >= 15 is 0 Å². The molecule has 0 bridgehead atoms. The normalized spacial score (nSPS) is 35.6. The van der Waals surface area contributed by atoms with Crippen molar-refractivity contribution in [2.24, 2.45) is 4.99 Å². The first-order valence-corrected chi connectivity index (χ1v) is 7.92. The molecule has 1 atom stereocenters. The SMILES string of the molecule is CN1CCC(N=C2NC3(CCCCC3)CS2)C1. The molecule has 1 N–H and O–H groups in total. The molecule has 0 aromatic carbocycles. The highest BCUT2D eigenvalue weighted by atomic mass is 32.2. The van der Waals surface area contributed by atoms with Crippen molar-refractivity contribution in [1.82, 2.24) is 10.2 Å². The van der Waals surface area contributed by atoms with E-state index in [4.69, 9.17) is 4.99 Å². The van der Waals surface area contributed by atoms with Crippen LogP contribution < -0.4 is 5.32 Å². The molecular weight excluding hydrogens is 230 g/mol. The Morgan fingerprint density at radius 3 is 2.88 bits per heavy atom. The summed E-state index contributed by atoms with van der Waals surface area (Å²) in [6, 6.07) is 0.536. The fourth-order valence-corrected chi connectivity index (χ4v) is 4.54. The van der Waals surface area contributed by atoms with Gasteiger partial charge in [0, 0.05) is 17.8 Å². The standard InChI is InChI=1S/C13H23N3S/c1-16-8-5-11(9-16)14-12-15-13(10-17-12)6-3-2-4-7-13/h11H,2-10H2,1H3,(H,14,15). The molecule has 2 saturated heterocycles. The van der Waals surface area contributed by atoms with Crippen LogP contribution in [0, 0.1) is 0 Å². The van der Waals surface area contributed by atoms with Gasteiger partial charge >= 0.3 is 0 Å². The van der Waals surface area contributed by atoms with Gasteiger partial charge in [0.05, 0.1) is 6.04 Å². The maximum atomic E-state index is 4.90. The van der Waals surface area contributed by atoms with Gasteiger partial charge in [-0.2, -0.15) is 0 Å². The van der Waals surface area contributed by atoms with Crippen LogP contribution in [0.3, 0.4) is 0 Å². The van der Waals surface area contributed by atoms with Crippen LogP contribution >= 0.6 is 11.8 Å². The third-order valence-corrected chi connectivity index (χ3v) is 5.51. The predicted molar refractivity (Wildman–Crippen MR) is 74.7 cm³/mol. The van der Waals surface area contributed by atoms with E-state index in [1.165, 1.54) is 56.0 Å². The molecule has 3 nitrogen and oxygen atoms in total. The van der Waals surface area contributed by atoms with Gasteiger partial charge in [0.1, 0.15) is 0 Å². The third-order valence-electron chi connectivity index (χ3n) is 4.33. The van der Waals surface area contributed by atoms with Crippen LogP contribution in [-0.4, -0.2) is 47.5 Å². The molecule has 0 amide bonds. The van der Waals surface area contributed by atoms with E-state index in [1.807, 2.05) is 11.8 Å². The Hall–Kier alpha value is -0.220. The summed E-state index contributed by atoms with van der Waals surface area (Å²) in [7, 11) is 2.19. The number of hydrogen-bond donors (Lipinski definition) is 1. The number of nitrogens with zero attached hydrogens (tertiary/aromatic N) is 2. The maximum absolute atomic E-state index is 4.90. The average Bonchev–Trinajstić information content (AvgIpc) is 2.89. The Labute approximate surface area is 108 Å². The molecule has 1 unspecified atom stereocenters.